The Bertz CT molecular complexity index is 634. The molecular formula is C15H17BrClN3S. The standard InChI is InChI=1S/C15H17BrClN3S/c1-9(2)7-11-14(16)15(18)20-13(19-11)8-21-12-6-4-3-5-10(12)17/h3-6,9H,7-8H2,1-2H3,(H2,18,19,20). The molecule has 0 saturated carbocycles. The maximum atomic E-state index is 6.15. The highest BCUT2D eigenvalue weighted by Gasteiger charge is 2.12. The molecular weight excluding hydrogens is 370 g/mol. The van der Waals surface area contributed by atoms with Crippen molar-refractivity contribution >= 4 is 45.1 Å². The molecule has 0 fully saturated rings. The van der Waals surface area contributed by atoms with Gasteiger partial charge in [-0.2, -0.15) is 0 Å². The van der Waals surface area contributed by atoms with Crippen LogP contribution in [0.5, 0.6) is 0 Å². The molecule has 0 aliphatic carbocycles. The molecule has 21 heavy (non-hydrogen) atoms. The van der Waals surface area contributed by atoms with E-state index in [1.165, 1.54) is 0 Å². The molecule has 0 aliphatic heterocycles. The monoisotopic (exact) mass is 385 g/mol. The average Bonchev–Trinajstić information content (AvgIpc) is 2.42. The van der Waals surface area contributed by atoms with Gasteiger partial charge in [-0.05, 0) is 40.4 Å². The second-order valence-electron chi connectivity index (χ2n) is 5.10. The lowest BCUT2D eigenvalue weighted by atomic mass is 10.1. The van der Waals surface area contributed by atoms with Crippen LogP contribution >= 0.6 is 39.3 Å². The summed E-state index contributed by atoms with van der Waals surface area (Å²) in [5, 5.41) is 0.745. The molecule has 6 heteroatoms. The molecule has 0 bridgehead atoms. The van der Waals surface area contributed by atoms with E-state index in [0.29, 0.717) is 17.5 Å². The summed E-state index contributed by atoms with van der Waals surface area (Å²) in [7, 11) is 0. The third-order valence-corrected chi connectivity index (χ3v) is 5.16. The van der Waals surface area contributed by atoms with Crippen molar-refractivity contribution < 1.29 is 0 Å². The van der Waals surface area contributed by atoms with Crippen molar-refractivity contribution in [2.45, 2.75) is 30.9 Å². The van der Waals surface area contributed by atoms with E-state index in [2.05, 4.69) is 39.7 Å². The number of nitrogen functional groups attached to an aromatic ring is 1. The van der Waals surface area contributed by atoms with Crippen LogP contribution in [0, 0.1) is 5.92 Å². The Kier molecular flexibility index (Phi) is 5.90. The van der Waals surface area contributed by atoms with Crippen LogP contribution in [0.2, 0.25) is 5.02 Å². The highest BCUT2D eigenvalue weighted by Crippen LogP contribution is 2.30. The minimum atomic E-state index is 0.496. The van der Waals surface area contributed by atoms with Gasteiger partial charge in [0.2, 0.25) is 0 Å². The molecule has 2 rings (SSSR count). The predicted octanol–water partition coefficient (Wildman–Crippen LogP) is 4.97. The number of hydrogen-bond donors (Lipinski definition) is 1. The second-order valence-corrected chi connectivity index (χ2v) is 7.32. The van der Waals surface area contributed by atoms with E-state index in [-0.39, 0.29) is 0 Å². The van der Waals surface area contributed by atoms with E-state index < -0.39 is 0 Å². The molecule has 1 aromatic carbocycles. The van der Waals surface area contributed by atoms with E-state index in [1.807, 2.05) is 24.3 Å². The number of aromatic nitrogens is 2. The molecule has 0 atom stereocenters. The lowest BCUT2D eigenvalue weighted by Crippen LogP contribution is -2.07. The number of anilines is 1. The van der Waals surface area contributed by atoms with Gasteiger partial charge in [-0.1, -0.05) is 37.6 Å². The first kappa shape index (κ1) is 16.6. The zero-order chi connectivity index (χ0) is 15.4. The summed E-state index contributed by atoms with van der Waals surface area (Å²) >= 11 is 11.2. The minimum absolute atomic E-state index is 0.496. The van der Waals surface area contributed by atoms with Crippen LogP contribution < -0.4 is 5.73 Å². The Labute approximate surface area is 142 Å². The fourth-order valence-corrected chi connectivity index (χ4v) is 3.29. The van der Waals surface area contributed by atoms with E-state index >= 15 is 0 Å². The third-order valence-electron chi connectivity index (χ3n) is 2.79. The molecule has 112 valence electrons. The van der Waals surface area contributed by atoms with Crippen molar-refractivity contribution in [2.24, 2.45) is 5.92 Å². The van der Waals surface area contributed by atoms with E-state index in [4.69, 9.17) is 17.3 Å². The highest BCUT2D eigenvalue weighted by molar-refractivity contribution is 9.10. The summed E-state index contributed by atoms with van der Waals surface area (Å²) < 4.78 is 0.808. The zero-order valence-electron chi connectivity index (χ0n) is 11.9. The summed E-state index contributed by atoms with van der Waals surface area (Å²) in [6.45, 7) is 4.31. The van der Waals surface area contributed by atoms with Gasteiger partial charge in [0.15, 0.2) is 0 Å². The van der Waals surface area contributed by atoms with Crippen molar-refractivity contribution in [2.75, 3.05) is 5.73 Å². The smallest absolute Gasteiger partial charge is 0.141 e. The Morgan fingerprint density at radius 3 is 2.67 bits per heavy atom. The number of thioether (sulfide) groups is 1. The number of benzene rings is 1. The Morgan fingerprint density at radius 2 is 2.00 bits per heavy atom. The first-order valence-electron chi connectivity index (χ1n) is 6.65. The summed E-state index contributed by atoms with van der Waals surface area (Å²) in [4.78, 5) is 9.98. The lowest BCUT2D eigenvalue weighted by Gasteiger charge is -2.11. The van der Waals surface area contributed by atoms with Crippen LogP contribution in [0.3, 0.4) is 0 Å². The molecule has 0 amide bonds. The molecule has 2 aromatic rings. The first-order valence-corrected chi connectivity index (χ1v) is 8.81. The molecule has 3 nitrogen and oxygen atoms in total. The molecule has 0 unspecified atom stereocenters. The fourth-order valence-electron chi connectivity index (χ4n) is 1.86. The van der Waals surface area contributed by atoms with Crippen LogP contribution in [0.25, 0.3) is 0 Å². The molecule has 1 heterocycles. The number of rotatable bonds is 5. The van der Waals surface area contributed by atoms with Crippen LogP contribution in [0.1, 0.15) is 25.4 Å². The number of halogens is 2. The van der Waals surface area contributed by atoms with Gasteiger partial charge >= 0.3 is 0 Å². The molecule has 0 radical (unpaired) electrons. The summed E-state index contributed by atoms with van der Waals surface area (Å²) in [5.74, 6) is 2.39. The quantitative estimate of drug-likeness (QED) is 0.737. The van der Waals surface area contributed by atoms with Gasteiger partial charge in [-0.3, -0.25) is 0 Å². The maximum absolute atomic E-state index is 6.15. The van der Waals surface area contributed by atoms with Crippen LogP contribution in [-0.2, 0) is 12.2 Å². The normalized spacial score (nSPS) is 11.1. The summed E-state index contributed by atoms with van der Waals surface area (Å²) in [5.41, 5.74) is 6.93. The number of hydrogen-bond acceptors (Lipinski definition) is 4. The predicted molar refractivity (Wildman–Crippen MR) is 93.7 cm³/mol. The maximum Gasteiger partial charge on any atom is 0.141 e. The van der Waals surface area contributed by atoms with E-state index in [0.717, 1.165) is 32.3 Å². The van der Waals surface area contributed by atoms with E-state index in [9.17, 15) is 0 Å². The van der Waals surface area contributed by atoms with Gasteiger partial charge in [0.1, 0.15) is 11.6 Å². The SMILES string of the molecule is CC(C)Cc1nc(CSc2ccccc2Cl)nc(N)c1Br. The Balaban J connectivity index is 2.17. The van der Waals surface area contributed by atoms with Crippen molar-refractivity contribution in [3.8, 4) is 0 Å². The Morgan fingerprint density at radius 1 is 1.29 bits per heavy atom. The topological polar surface area (TPSA) is 51.8 Å². The largest absolute Gasteiger partial charge is 0.383 e. The molecule has 0 spiro atoms. The Hall–Kier alpha value is -0.780. The third kappa shape index (κ3) is 4.59. The molecule has 0 aliphatic rings. The zero-order valence-corrected chi connectivity index (χ0v) is 15.1. The summed E-state index contributed by atoms with van der Waals surface area (Å²) in [6, 6.07) is 7.76. The van der Waals surface area contributed by atoms with Gasteiger partial charge in [-0.15, -0.1) is 11.8 Å². The van der Waals surface area contributed by atoms with Crippen LogP contribution in [0.15, 0.2) is 33.6 Å². The van der Waals surface area contributed by atoms with Gasteiger partial charge in [0.25, 0.3) is 0 Å². The summed E-state index contributed by atoms with van der Waals surface area (Å²) in [6.07, 6.45) is 0.872. The van der Waals surface area contributed by atoms with Gasteiger partial charge in [-0.25, -0.2) is 9.97 Å². The van der Waals surface area contributed by atoms with Gasteiger partial charge in [0, 0.05) is 4.90 Å². The fraction of sp³-hybridized carbons (Fsp3) is 0.333. The molecule has 1 aromatic heterocycles. The number of nitrogens with zero attached hydrogens (tertiary/aromatic N) is 2. The van der Waals surface area contributed by atoms with Gasteiger partial charge in [0.05, 0.1) is 20.9 Å². The van der Waals surface area contributed by atoms with Gasteiger partial charge < -0.3 is 5.73 Å². The molecule has 0 saturated heterocycles. The van der Waals surface area contributed by atoms with Crippen LogP contribution in [0.4, 0.5) is 5.82 Å². The minimum Gasteiger partial charge on any atom is -0.383 e. The van der Waals surface area contributed by atoms with Crippen LogP contribution in [-0.4, -0.2) is 9.97 Å². The first-order chi connectivity index (χ1) is 9.97. The second kappa shape index (κ2) is 7.47. The highest BCUT2D eigenvalue weighted by atomic mass is 79.9. The average molecular weight is 387 g/mol. The van der Waals surface area contributed by atoms with Crippen molar-refractivity contribution in [3.63, 3.8) is 0 Å². The van der Waals surface area contributed by atoms with Crippen molar-refractivity contribution in [1.82, 2.24) is 9.97 Å². The van der Waals surface area contributed by atoms with Crippen molar-refractivity contribution in [3.05, 3.63) is 45.3 Å². The van der Waals surface area contributed by atoms with E-state index in [1.54, 1.807) is 11.8 Å². The van der Waals surface area contributed by atoms with Crippen molar-refractivity contribution in [1.29, 1.82) is 0 Å². The lowest BCUT2D eigenvalue weighted by molar-refractivity contribution is 0.630. The number of nitrogens with two attached hydrogens (primary N) is 1. The molecule has 2 N–H and O–H groups in total.